The summed E-state index contributed by atoms with van der Waals surface area (Å²) in [7, 11) is 0. The Morgan fingerprint density at radius 3 is 2.37 bits per heavy atom. The van der Waals surface area contributed by atoms with Crippen molar-refractivity contribution in [1.82, 2.24) is 9.78 Å². The van der Waals surface area contributed by atoms with Crippen LogP contribution in [0.5, 0.6) is 0 Å². The Balaban J connectivity index is 1.65. The Hall–Kier alpha value is -4.16. The summed E-state index contributed by atoms with van der Waals surface area (Å²) in [6.07, 6.45) is -4.27. The van der Waals surface area contributed by atoms with Crippen molar-refractivity contribution >= 4 is 23.2 Å². The summed E-state index contributed by atoms with van der Waals surface area (Å²) >= 11 is 6.35. The zero-order valence-corrected chi connectivity index (χ0v) is 18.5. The number of alkyl halides is 3. The van der Waals surface area contributed by atoms with E-state index >= 15 is 0 Å². The first-order valence-corrected chi connectivity index (χ1v) is 10.5. The molecule has 1 amide bonds. The maximum atomic E-state index is 14.1. The number of nitrogens with one attached hydrogen (secondary N) is 1. The number of carbonyl (C=O) groups is 1. The molecule has 0 aliphatic carbocycles. The monoisotopic (exact) mass is 498 g/mol. The van der Waals surface area contributed by atoms with Gasteiger partial charge in [-0.25, -0.2) is 9.07 Å². The first kappa shape index (κ1) is 24.0. The summed E-state index contributed by atoms with van der Waals surface area (Å²) in [4.78, 5) is 12.8. The van der Waals surface area contributed by atoms with Crippen molar-refractivity contribution in [3.63, 3.8) is 0 Å². The number of nitrogens with zero attached hydrogens (tertiary/aromatic N) is 3. The number of para-hydroxylation sites is 1. The van der Waals surface area contributed by atoms with Gasteiger partial charge in [0.2, 0.25) is 0 Å². The molecule has 0 aliphatic rings. The maximum absolute atomic E-state index is 14.1. The van der Waals surface area contributed by atoms with Crippen molar-refractivity contribution in [1.29, 1.82) is 5.26 Å². The minimum atomic E-state index is -5.00. The van der Waals surface area contributed by atoms with Gasteiger partial charge in [0.1, 0.15) is 11.5 Å². The van der Waals surface area contributed by atoms with E-state index in [1.807, 2.05) is 6.07 Å². The molecule has 0 aliphatic heterocycles. The highest BCUT2D eigenvalue weighted by atomic mass is 35.5. The number of halogens is 5. The number of amides is 1. The molecule has 0 fully saturated rings. The number of nitriles is 1. The molecule has 0 bridgehead atoms. The highest BCUT2D eigenvalue weighted by Crippen LogP contribution is 2.35. The molecule has 1 heterocycles. The molecule has 0 radical (unpaired) electrons. The Bertz CT molecular complexity index is 1430. The number of anilines is 1. The summed E-state index contributed by atoms with van der Waals surface area (Å²) in [5.74, 6) is -2.71. The van der Waals surface area contributed by atoms with Crippen LogP contribution in [0, 0.1) is 17.1 Å². The van der Waals surface area contributed by atoms with Gasteiger partial charge in [-0.2, -0.15) is 23.5 Å². The molecule has 0 saturated carbocycles. The van der Waals surface area contributed by atoms with E-state index in [4.69, 9.17) is 11.6 Å². The largest absolute Gasteiger partial charge is 0.434 e. The summed E-state index contributed by atoms with van der Waals surface area (Å²) < 4.78 is 56.0. The molecular formula is C25H15ClF4N4O. The van der Waals surface area contributed by atoms with E-state index in [1.54, 1.807) is 24.3 Å². The quantitative estimate of drug-likeness (QED) is 0.315. The molecular weight excluding hydrogens is 484 g/mol. The maximum Gasteiger partial charge on any atom is 0.434 e. The third kappa shape index (κ3) is 4.88. The van der Waals surface area contributed by atoms with E-state index in [2.05, 4.69) is 16.5 Å². The normalized spacial score (nSPS) is 12.1. The Morgan fingerprint density at radius 1 is 1.06 bits per heavy atom. The fourth-order valence-corrected chi connectivity index (χ4v) is 3.89. The Kier molecular flexibility index (Phi) is 6.58. The van der Waals surface area contributed by atoms with Crippen LogP contribution in [0.15, 0.2) is 79.0 Å². The molecule has 0 spiro atoms. The summed E-state index contributed by atoms with van der Waals surface area (Å²) in [5, 5.41) is 15.7. The van der Waals surface area contributed by atoms with Gasteiger partial charge in [0.15, 0.2) is 5.69 Å². The molecule has 35 heavy (non-hydrogen) atoms. The van der Waals surface area contributed by atoms with Crippen LogP contribution in [0.3, 0.4) is 0 Å². The van der Waals surface area contributed by atoms with Crippen molar-refractivity contribution in [2.45, 2.75) is 12.1 Å². The van der Waals surface area contributed by atoms with Crippen LogP contribution >= 0.6 is 11.6 Å². The SMILES string of the molecule is N#CC(c1ccccc1)c1ccc(NC(=O)c2cnn(-c3ccccc3F)c2C(F)(F)F)cc1Cl. The molecule has 0 saturated heterocycles. The standard InChI is InChI=1S/C25H15ClF4N4O/c26-20-12-16(10-11-17(20)18(13-31)15-6-2-1-3-7-15)33-24(35)19-14-32-34(23(19)25(28,29)30)22-9-5-4-8-21(22)27/h1-12,14,18H,(H,33,35). The lowest BCUT2D eigenvalue weighted by Crippen LogP contribution is -2.21. The van der Waals surface area contributed by atoms with E-state index < -0.39 is 40.8 Å². The smallest absolute Gasteiger partial charge is 0.322 e. The zero-order chi connectivity index (χ0) is 25.2. The summed E-state index contributed by atoms with van der Waals surface area (Å²) in [5.41, 5.74) is -1.36. The van der Waals surface area contributed by atoms with Crippen LogP contribution in [0.1, 0.15) is 33.1 Å². The number of aromatic nitrogens is 2. The minimum Gasteiger partial charge on any atom is -0.322 e. The summed E-state index contributed by atoms with van der Waals surface area (Å²) in [6, 6.07) is 20.2. The van der Waals surface area contributed by atoms with E-state index in [0.717, 1.165) is 18.3 Å². The fourth-order valence-electron chi connectivity index (χ4n) is 3.60. The lowest BCUT2D eigenvalue weighted by Gasteiger charge is -2.15. The van der Waals surface area contributed by atoms with Crippen molar-refractivity contribution < 1.29 is 22.4 Å². The first-order valence-electron chi connectivity index (χ1n) is 10.2. The van der Waals surface area contributed by atoms with Gasteiger partial charge in [-0.3, -0.25) is 4.79 Å². The van der Waals surface area contributed by atoms with E-state index in [1.165, 1.54) is 30.3 Å². The number of hydrogen-bond acceptors (Lipinski definition) is 3. The molecule has 1 atom stereocenters. The average molecular weight is 499 g/mol. The average Bonchev–Trinajstić information content (AvgIpc) is 3.28. The van der Waals surface area contributed by atoms with Crippen LogP contribution in [0.2, 0.25) is 5.02 Å². The van der Waals surface area contributed by atoms with Gasteiger partial charge in [0.25, 0.3) is 5.91 Å². The third-order valence-electron chi connectivity index (χ3n) is 5.19. The highest BCUT2D eigenvalue weighted by molar-refractivity contribution is 6.32. The molecule has 4 aromatic rings. The van der Waals surface area contributed by atoms with Crippen LogP contribution in [-0.4, -0.2) is 15.7 Å². The topological polar surface area (TPSA) is 70.7 Å². The third-order valence-corrected chi connectivity index (χ3v) is 5.52. The minimum absolute atomic E-state index is 0.111. The fraction of sp³-hybridized carbons (Fsp3) is 0.0800. The number of benzene rings is 3. The van der Waals surface area contributed by atoms with Crippen molar-refractivity contribution in [2.75, 3.05) is 5.32 Å². The molecule has 176 valence electrons. The second-order valence-corrected chi connectivity index (χ2v) is 7.84. The van der Waals surface area contributed by atoms with Gasteiger partial charge in [-0.15, -0.1) is 0 Å². The van der Waals surface area contributed by atoms with Crippen LogP contribution in [0.25, 0.3) is 5.69 Å². The Morgan fingerprint density at radius 2 is 1.74 bits per heavy atom. The van der Waals surface area contributed by atoms with Crippen molar-refractivity contribution in [3.8, 4) is 11.8 Å². The molecule has 5 nitrogen and oxygen atoms in total. The van der Waals surface area contributed by atoms with E-state index in [9.17, 15) is 27.6 Å². The Labute approximate surface area is 202 Å². The van der Waals surface area contributed by atoms with Gasteiger partial charge in [-0.05, 0) is 35.4 Å². The number of hydrogen-bond donors (Lipinski definition) is 1. The van der Waals surface area contributed by atoms with Gasteiger partial charge in [0.05, 0.1) is 23.7 Å². The van der Waals surface area contributed by atoms with E-state index in [0.29, 0.717) is 15.8 Å². The predicted molar refractivity (Wildman–Crippen MR) is 122 cm³/mol. The first-order chi connectivity index (χ1) is 16.7. The van der Waals surface area contributed by atoms with Gasteiger partial charge in [0, 0.05) is 10.7 Å². The predicted octanol–water partition coefficient (Wildman–Crippen LogP) is 6.59. The highest BCUT2D eigenvalue weighted by Gasteiger charge is 2.41. The van der Waals surface area contributed by atoms with Crippen LogP contribution in [-0.2, 0) is 6.18 Å². The van der Waals surface area contributed by atoms with Crippen LogP contribution in [0.4, 0.5) is 23.2 Å². The lowest BCUT2D eigenvalue weighted by atomic mass is 9.92. The zero-order valence-electron chi connectivity index (χ0n) is 17.7. The molecule has 10 heteroatoms. The molecule has 1 aromatic heterocycles. The van der Waals surface area contributed by atoms with Crippen molar-refractivity contribution in [2.24, 2.45) is 0 Å². The van der Waals surface area contributed by atoms with E-state index in [-0.39, 0.29) is 10.7 Å². The molecule has 3 aromatic carbocycles. The molecule has 4 rings (SSSR count). The molecule has 1 unspecified atom stereocenters. The van der Waals surface area contributed by atoms with Crippen molar-refractivity contribution in [3.05, 3.63) is 112 Å². The van der Waals surface area contributed by atoms with Gasteiger partial charge < -0.3 is 5.32 Å². The van der Waals surface area contributed by atoms with Gasteiger partial charge in [-0.1, -0.05) is 60.1 Å². The molecule has 1 N–H and O–H groups in total. The second kappa shape index (κ2) is 9.60. The summed E-state index contributed by atoms with van der Waals surface area (Å²) in [6.45, 7) is 0. The lowest BCUT2D eigenvalue weighted by molar-refractivity contribution is -0.143. The number of rotatable bonds is 5. The second-order valence-electron chi connectivity index (χ2n) is 7.43. The van der Waals surface area contributed by atoms with Crippen LogP contribution < -0.4 is 5.32 Å². The van der Waals surface area contributed by atoms with Gasteiger partial charge >= 0.3 is 6.18 Å². The number of carbonyl (C=O) groups excluding carboxylic acids is 1.